The Balaban J connectivity index is 2.54. The van der Waals surface area contributed by atoms with Crippen LogP contribution in [0.3, 0.4) is 0 Å². The lowest BCUT2D eigenvalue weighted by Crippen LogP contribution is -2.34. The lowest BCUT2D eigenvalue weighted by molar-refractivity contribution is -0.125. The molecule has 1 unspecified atom stereocenters. The number of phenolic OH excluding ortho intramolecular Hbond substituents is 2. The highest BCUT2D eigenvalue weighted by Crippen LogP contribution is 2.25. The fourth-order valence-corrected chi connectivity index (χ4v) is 2.03. The van der Waals surface area contributed by atoms with Gasteiger partial charge in [0.25, 0.3) is 0 Å². The van der Waals surface area contributed by atoms with Crippen LogP contribution in [0.25, 0.3) is 0 Å². The Labute approximate surface area is 129 Å². The summed E-state index contributed by atoms with van der Waals surface area (Å²) in [5.41, 5.74) is 0.530. The average Bonchev–Trinajstić information content (AvgIpc) is 2.49. The zero-order valence-electron chi connectivity index (χ0n) is 12.4. The quantitative estimate of drug-likeness (QED) is 0.381. The Kier molecular flexibility index (Phi) is 8.27. The van der Waals surface area contributed by atoms with E-state index in [0.29, 0.717) is 18.7 Å². The van der Waals surface area contributed by atoms with Crippen molar-refractivity contribution in [2.45, 2.75) is 12.8 Å². The molecule has 1 aromatic carbocycles. The number of nitrogens with one attached hydrogen (secondary N) is 1. The Bertz CT molecular complexity index is 465. The number of amides is 1. The third-order valence-electron chi connectivity index (χ3n) is 3.16. The minimum absolute atomic E-state index is 0.0505. The van der Waals surface area contributed by atoms with Crippen LogP contribution in [-0.4, -0.2) is 59.3 Å². The maximum Gasteiger partial charge on any atom is 0.223 e. The fraction of sp³-hybridized carbons (Fsp3) is 0.533. The first kappa shape index (κ1) is 18.2. The molecular weight excluding hydrogens is 290 g/mol. The van der Waals surface area contributed by atoms with Crippen LogP contribution in [0.4, 0.5) is 0 Å². The van der Waals surface area contributed by atoms with E-state index in [1.807, 2.05) is 0 Å². The van der Waals surface area contributed by atoms with E-state index in [2.05, 4.69) is 5.32 Å². The molecule has 0 aromatic heterocycles. The third-order valence-corrected chi connectivity index (χ3v) is 3.16. The second-order valence-electron chi connectivity index (χ2n) is 4.85. The van der Waals surface area contributed by atoms with Crippen molar-refractivity contribution in [3.63, 3.8) is 0 Å². The van der Waals surface area contributed by atoms with Gasteiger partial charge >= 0.3 is 0 Å². The second-order valence-corrected chi connectivity index (χ2v) is 4.85. The van der Waals surface area contributed by atoms with Gasteiger partial charge in [0.2, 0.25) is 5.91 Å². The third kappa shape index (κ3) is 6.30. The molecule has 1 atom stereocenters. The van der Waals surface area contributed by atoms with Crippen LogP contribution < -0.4 is 5.32 Å². The molecule has 1 rings (SSSR count). The number of carbonyl (C=O) groups is 1. The van der Waals surface area contributed by atoms with Gasteiger partial charge in [0.05, 0.1) is 19.8 Å². The van der Waals surface area contributed by atoms with Crippen LogP contribution in [-0.2, 0) is 16.0 Å². The van der Waals surface area contributed by atoms with Crippen molar-refractivity contribution < 1.29 is 30.0 Å². The first-order chi connectivity index (χ1) is 10.6. The minimum Gasteiger partial charge on any atom is -0.508 e. The van der Waals surface area contributed by atoms with Crippen LogP contribution in [0.5, 0.6) is 11.5 Å². The highest BCUT2D eigenvalue weighted by atomic mass is 16.5. The molecule has 0 saturated heterocycles. The van der Waals surface area contributed by atoms with Gasteiger partial charge in [-0.3, -0.25) is 4.79 Å². The van der Waals surface area contributed by atoms with E-state index >= 15 is 0 Å². The Morgan fingerprint density at radius 2 is 1.95 bits per heavy atom. The molecule has 22 heavy (non-hydrogen) atoms. The van der Waals surface area contributed by atoms with Crippen LogP contribution in [0.1, 0.15) is 12.0 Å². The number of hydrogen-bond acceptors (Lipinski definition) is 6. The molecule has 124 valence electrons. The fourth-order valence-electron chi connectivity index (χ4n) is 2.03. The van der Waals surface area contributed by atoms with E-state index in [4.69, 9.17) is 14.9 Å². The summed E-state index contributed by atoms with van der Waals surface area (Å²) in [6.45, 7) is 0.613. The molecule has 0 fully saturated rings. The van der Waals surface area contributed by atoms with Gasteiger partial charge < -0.3 is 30.5 Å². The summed E-state index contributed by atoms with van der Waals surface area (Å²) < 4.78 is 5.04. The maximum absolute atomic E-state index is 12.1. The number of ether oxygens (including phenoxy) is 1. The predicted molar refractivity (Wildman–Crippen MR) is 79.6 cm³/mol. The molecule has 0 aliphatic carbocycles. The van der Waals surface area contributed by atoms with Gasteiger partial charge in [-0.05, 0) is 24.5 Å². The van der Waals surface area contributed by atoms with Crippen molar-refractivity contribution in [2.24, 2.45) is 5.92 Å². The van der Waals surface area contributed by atoms with Crippen LogP contribution in [0, 0.1) is 5.92 Å². The van der Waals surface area contributed by atoms with Crippen LogP contribution in [0.2, 0.25) is 0 Å². The number of carbonyl (C=O) groups excluding carboxylic acids is 1. The summed E-state index contributed by atoms with van der Waals surface area (Å²) >= 11 is 0. The molecule has 0 spiro atoms. The number of hydrogen-bond donors (Lipinski definition) is 5. The zero-order chi connectivity index (χ0) is 16.4. The highest BCUT2D eigenvalue weighted by Gasteiger charge is 2.19. The number of aliphatic hydroxyl groups is 2. The van der Waals surface area contributed by atoms with Gasteiger partial charge in [-0.1, -0.05) is 6.07 Å². The average molecular weight is 313 g/mol. The SMILES string of the molecule is O=C(NCCOCCO)C(CCO)Cc1ccc(O)cc1O. The molecule has 5 N–H and O–H groups in total. The van der Waals surface area contributed by atoms with Crippen molar-refractivity contribution in [1.29, 1.82) is 0 Å². The number of benzene rings is 1. The van der Waals surface area contributed by atoms with Crippen molar-refractivity contribution in [1.82, 2.24) is 5.32 Å². The number of rotatable bonds is 10. The van der Waals surface area contributed by atoms with E-state index in [1.54, 1.807) is 6.07 Å². The first-order valence-electron chi connectivity index (χ1n) is 7.16. The van der Waals surface area contributed by atoms with Crippen molar-refractivity contribution in [3.8, 4) is 11.5 Å². The van der Waals surface area contributed by atoms with E-state index in [0.717, 1.165) is 0 Å². The molecule has 7 nitrogen and oxygen atoms in total. The Morgan fingerprint density at radius 1 is 1.18 bits per heavy atom. The number of aliphatic hydroxyl groups excluding tert-OH is 2. The zero-order valence-corrected chi connectivity index (χ0v) is 12.4. The smallest absolute Gasteiger partial charge is 0.223 e. The Hall–Kier alpha value is -1.83. The molecule has 0 bridgehead atoms. The van der Waals surface area contributed by atoms with Gasteiger partial charge in [-0.15, -0.1) is 0 Å². The molecule has 0 aliphatic heterocycles. The van der Waals surface area contributed by atoms with E-state index in [-0.39, 0.29) is 50.1 Å². The van der Waals surface area contributed by atoms with Crippen molar-refractivity contribution in [3.05, 3.63) is 23.8 Å². The molecule has 1 aromatic rings. The summed E-state index contributed by atoms with van der Waals surface area (Å²) in [6, 6.07) is 4.20. The van der Waals surface area contributed by atoms with Gasteiger partial charge in [0.15, 0.2) is 0 Å². The molecule has 1 amide bonds. The second kappa shape index (κ2) is 9.99. The molecule has 0 aliphatic rings. The lowest BCUT2D eigenvalue weighted by Gasteiger charge is -2.16. The summed E-state index contributed by atoms with van der Waals surface area (Å²) in [4.78, 5) is 12.1. The summed E-state index contributed by atoms with van der Waals surface area (Å²) in [5.74, 6) is -0.861. The summed E-state index contributed by atoms with van der Waals surface area (Å²) in [7, 11) is 0. The van der Waals surface area contributed by atoms with E-state index in [1.165, 1.54) is 12.1 Å². The number of aromatic hydroxyl groups is 2. The van der Waals surface area contributed by atoms with Crippen LogP contribution in [0.15, 0.2) is 18.2 Å². The standard InChI is InChI=1S/C15H23NO6/c17-5-3-12(15(21)16-4-7-22-8-6-18)9-11-1-2-13(19)10-14(11)20/h1-2,10,12,17-20H,3-9H2,(H,16,21). The van der Waals surface area contributed by atoms with Gasteiger partial charge in [0.1, 0.15) is 11.5 Å². The predicted octanol–water partition coefficient (Wildman–Crippen LogP) is -0.236. The first-order valence-corrected chi connectivity index (χ1v) is 7.16. The monoisotopic (exact) mass is 313 g/mol. The minimum atomic E-state index is -0.488. The van der Waals surface area contributed by atoms with Gasteiger partial charge in [0, 0.05) is 25.1 Å². The maximum atomic E-state index is 12.1. The van der Waals surface area contributed by atoms with Gasteiger partial charge in [-0.2, -0.15) is 0 Å². The van der Waals surface area contributed by atoms with Crippen LogP contribution >= 0.6 is 0 Å². The molecule has 0 heterocycles. The van der Waals surface area contributed by atoms with Crippen molar-refractivity contribution >= 4 is 5.91 Å². The summed E-state index contributed by atoms with van der Waals surface area (Å²) in [6.07, 6.45) is 0.527. The Morgan fingerprint density at radius 3 is 2.59 bits per heavy atom. The number of phenols is 2. The summed E-state index contributed by atoms with van der Waals surface area (Å²) in [5, 5.41) is 39.4. The van der Waals surface area contributed by atoms with Gasteiger partial charge in [-0.25, -0.2) is 0 Å². The molecular formula is C15H23NO6. The highest BCUT2D eigenvalue weighted by molar-refractivity contribution is 5.79. The van der Waals surface area contributed by atoms with Crippen molar-refractivity contribution in [2.75, 3.05) is 33.0 Å². The topological polar surface area (TPSA) is 119 Å². The molecule has 0 radical (unpaired) electrons. The van der Waals surface area contributed by atoms with E-state index in [9.17, 15) is 15.0 Å². The molecule has 7 heteroatoms. The van der Waals surface area contributed by atoms with E-state index < -0.39 is 5.92 Å². The normalized spacial score (nSPS) is 12.1. The molecule has 0 saturated carbocycles. The lowest BCUT2D eigenvalue weighted by atomic mass is 9.95. The largest absolute Gasteiger partial charge is 0.508 e.